The number of hydrazine groups is 1. The SMILES string of the molecule is CNNCc1cccnc1. The number of aromatic nitrogens is 1. The minimum Gasteiger partial charge on any atom is -0.264 e. The summed E-state index contributed by atoms with van der Waals surface area (Å²) in [6.45, 7) is 0.810. The lowest BCUT2D eigenvalue weighted by Gasteiger charge is -2.00. The van der Waals surface area contributed by atoms with Crippen LogP contribution in [-0.4, -0.2) is 12.0 Å². The van der Waals surface area contributed by atoms with Crippen molar-refractivity contribution in [2.24, 2.45) is 0 Å². The van der Waals surface area contributed by atoms with E-state index in [-0.39, 0.29) is 0 Å². The van der Waals surface area contributed by atoms with Crippen LogP contribution < -0.4 is 10.9 Å². The van der Waals surface area contributed by atoms with Gasteiger partial charge in [0, 0.05) is 18.9 Å². The molecule has 10 heavy (non-hydrogen) atoms. The second-order valence-electron chi connectivity index (χ2n) is 1.96. The molecule has 3 heteroatoms. The topological polar surface area (TPSA) is 37.0 Å². The van der Waals surface area contributed by atoms with E-state index in [4.69, 9.17) is 0 Å². The monoisotopic (exact) mass is 137 g/mol. The molecular weight excluding hydrogens is 126 g/mol. The van der Waals surface area contributed by atoms with Crippen LogP contribution in [0.25, 0.3) is 0 Å². The van der Waals surface area contributed by atoms with Gasteiger partial charge in [-0.05, 0) is 18.7 Å². The highest BCUT2D eigenvalue weighted by Crippen LogP contribution is 1.92. The Labute approximate surface area is 60.5 Å². The number of pyridine rings is 1. The first kappa shape index (κ1) is 7.18. The molecule has 0 unspecified atom stereocenters. The zero-order valence-corrected chi connectivity index (χ0v) is 5.96. The molecule has 0 radical (unpaired) electrons. The van der Waals surface area contributed by atoms with Crippen LogP contribution in [0.5, 0.6) is 0 Å². The van der Waals surface area contributed by atoms with Gasteiger partial charge in [-0.15, -0.1) is 0 Å². The van der Waals surface area contributed by atoms with E-state index in [1.807, 2.05) is 25.4 Å². The maximum atomic E-state index is 3.97. The van der Waals surface area contributed by atoms with Gasteiger partial charge in [0.15, 0.2) is 0 Å². The van der Waals surface area contributed by atoms with E-state index in [9.17, 15) is 0 Å². The molecule has 54 valence electrons. The summed E-state index contributed by atoms with van der Waals surface area (Å²) < 4.78 is 0. The first-order chi connectivity index (χ1) is 4.93. The molecule has 0 saturated carbocycles. The van der Waals surface area contributed by atoms with Crippen LogP contribution in [0.2, 0.25) is 0 Å². The third-order valence-corrected chi connectivity index (χ3v) is 1.19. The van der Waals surface area contributed by atoms with Crippen molar-refractivity contribution in [3.05, 3.63) is 30.1 Å². The second kappa shape index (κ2) is 3.98. The number of rotatable bonds is 3. The Morgan fingerprint density at radius 2 is 2.50 bits per heavy atom. The Balaban J connectivity index is 2.43. The normalized spacial score (nSPS) is 9.70. The predicted molar refractivity (Wildman–Crippen MR) is 40.1 cm³/mol. The zero-order chi connectivity index (χ0) is 7.23. The lowest BCUT2D eigenvalue weighted by Crippen LogP contribution is -2.26. The highest BCUT2D eigenvalue weighted by Gasteiger charge is 1.86. The van der Waals surface area contributed by atoms with Crippen molar-refractivity contribution < 1.29 is 0 Å². The summed E-state index contributed by atoms with van der Waals surface area (Å²) in [6, 6.07) is 3.95. The van der Waals surface area contributed by atoms with Gasteiger partial charge in [0.25, 0.3) is 0 Å². The molecule has 0 fully saturated rings. The van der Waals surface area contributed by atoms with Crippen molar-refractivity contribution in [2.75, 3.05) is 7.05 Å². The van der Waals surface area contributed by atoms with Gasteiger partial charge in [0.2, 0.25) is 0 Å². The van der Waals surface area contributed by atoms with E-state index in [1.54, 1.807) is 6.20 Å². The van der Waals surface area contributed by atoms with Crippen molar-refractivity contribution in [3.8, 4) is 0 Å². The summed E-state index contributed by atoms with van der Waals surface area (Å²) in [6.07, 6.45) is 3.60. The first-order valence-corrected chi connectivity index (χ1v) is 3.22. The van der Waals surface area contributed by atoms with Crippen LogP contribution in [0.3, 0.4) is 0 Å². The van der Waals surface area contributed by atoms with Gasteiger partial charge in [0.05, 0.1) is 0 Å². The summed E-state index contributed by atoms with van der Waals surface area (Å²) in [7, 11) is 1.84. The fourth-order valence-electron chi connectivity index (χ4n) is 0.693. The molecule has 1 rings (SSSR count). The van der Waals surface area contributed by atoms with Crippen LogP contribution in [0, 0.1) is 0 Å². The fourth-order valence-corrected chi connectivity index (χ4v) is 0.693. The smallest absolute Gasteiger partial charge is 0.0366 e. The summed E-state index contributed by atoms with van der Waals surface area (Å²) in [4.78, 5) is 3.97. The molecule has 0 spiro atoms. The third-order valence-electron chi connectivity index (χ3n) is 1.19. The van der Waals surface area contributed by atoms with Crippen molar-refractivity contribution in [3.63, 3.8) is 0 Å². The van der Waals surface area contributed by atoms with Gasteiger partial charge in [-0.3, -0.25) is 15.8 Å². The largest absolute Gasteiger partial charge is 0.264 e. The van der Waals surface area contributed by atoms with Gasteiger partial charge < -0.3 is 0 Å². The van der Waals surface area contributed by atoms with E-state index < -0.39 is 0 Å². The third kappa shape index (κ3) is 2.13. The molecular formula is C7H11N3. The van der Waals surface area contributed by atoms with Crippen molar-refractivity contribution in [2.45, 2.75) is 6.54 Å². The number of nitrogens with zero attached hydrogens (tertiary/aromatic N) is 1. The van der Waals surface area contributed by atoms with E-state index in [0.29, 0.717) is 0 Å². The summed E-state index contributed by atoms with van der Waals surface area (Å²) >= 11 is 0. The number of hydrogen-bond donors (Lipinski definition) is 2. The molecule has 1 aromatic rings. The summed E-state index contributed by atoms with van der Waals surface area (Å²) in [5, 5.41) is 0. The van der Waals surface area contributed by atoms with E-state index in [2.05, 4.69) is 15.8 Å². The molecule has 0 atom stereocenters. The lowest BCUT2D eigenvalue weighted by molar-refractivity contribution is 0.595. The average molecular weight is 137 g/mol. The van der Waals surface area contributed by atoms with Crippen LogP contribution >= 0.6 is 0 Å². The van der Waals surface area contributed by atoms with Crippen LogP contribution in [0.15, 0.2) is 24.5 Å². The minimum absolute atomic E-state index is 0.810. The van der Waals surface area contributed by atoms with Crippen molar-refractivity contribution in [1.29, 1.82) is 0 Å². The summed E-state index contributed by atoms with van der Waals surface area (Å²) in [5.41, 5.74) is 6.99. The van der Waals surface area contributed by atoms with Gasteiger partial charge in [-0.25, -0.2) is 0 Å². The van der Waals surface area contributed by atoms with Gasteiger partial charge >= 0.3 is 0 Å². The quantitative estimate of drug-likeness (QED) is 0.588. The molecule has 0 aliphatic heterocycles. The minimum atomic E-state index is 0.810. The molecule has 0 saturated heterocycles. The second-order valence-corrected chi connectivity index (χ2v) is 1.96. The average Bonchev–Trinajstić information content (AvgIpc) is 2.03. The van der Waals surface area contributed by atoms with Crippen LogP contribution in [0.1, 0.15) is 5.56 Å². The lowest BCUT2D eigenvalue weighted by atomic mass is 10.3. The maximum Gasteiger partial charge on any atom is 0.0366 e. The Hall–Kier alpha value is -0.930. The molecule has 0 aliphatic carbocycles. The Bertz CT molecular complexity index is 173. The molecule has 1 aromatic heterocycles. The maximum absolute atomic E-state index is 3.97. The van der Waals surface area contributed by atoms with Crippen molar-refractivity contribution in [1.82, 2.24) is 15.8 Å². The van der Waals surface area contributed by atoms with E-state index in [0.717, 1.165) is 6.54 Å². The van der Waals surface area contributed by atoms with E-state index >= 15 is 0 Å². The number of hydrogen-bond acceptors (Lipinski definition) is 3. The Kier molecular flexibility index (Phi) is 2.86. The predicted octanol–water partition coefficient (Wildman–Crippen LogP) is 0.306. The molecule has 0 aliphatic rings. The molecule has 1 heterocycles. The molecule has 2 N–H and O–H groups in total. The summed E-state index contributed by atoms with van der Waals surface area (Å²) in [5.74, 6) is 0. The zero-order valence-electron chi connectivity index (χ0n) is 5.96. The molecule has 0 amide bonds. The van der Waals surface area contributed by atoms with Gasteiger partial charge in [-0.1, -0.05) is 6.07 Å². The number of nitrogens with one attached hydrogen (secondary N) is 2. The van der Waals surface area contributed by atoms with E-state index in [1.165, 1.54) is 5.56 Å². The Morgan fingerprint density at radius 1 is 1.60 bits per heavy atom. The van der Waals surface area contributed by atoms with Gasteiger partial charge in [0.1, 0.15) is 0 Å². The van der Waals surface area contributed by atoms with Crippen LogP contribution in [-0.2, 0) is 6.54 Å². The molecule has 0 bridgehead atoms. The van der Waals surface area contributed by atoms with Crippen molar-refractivity contribution >= 4 is 0 Å². The standard InChI is InChI=1S/C7H11N3/c1-8-10-6-7-3-2-4-9-5-7/h2-5,8,10H,6H2,1H3. The highest BCUT2D eigenvalue weighted by atomic mass is 15.3. The highest BCUT2D eigenvalue weighted by molar-refractivity contribution is 5.07. The Morgan fingerprint density at radius 3 is 3.10 bits per heavy atom. The molecule has 3 nitrogen and oxygen atoms in total. The molecule has 0 aromatic carbocycles. The van der Waals surface area contributed by atoms with Crippen LogP contribution in [0.4, 0.5) is 0 Å². The fraction of sp³-hybridized carbons (Fsp3) is 0.286. The van der Waals surface area contributed by atoms with Gasteiger partial charge in [-0.2, -0.15) is 0 Å². The first-order valence-electron chi connectivity index (χ1n) is 3.22.